The average molecular weight is 827 g/mol. The molecule has 0 aromatic heterocycles. The molecule has 2 atom stereocenters. The van der Waals surface area contributed by atoms with E-state index in [0.717, 1.165) is 77.0 Å². The highest BCUT2D eigenvalue weighted by molar-refractivity contribution is 5.72. The van der Waals surface area contributed by atoms with Gasteiger partial charge < -0.3 is 23.8 Å². The topological polar surface area (TPSA) is 99.1 Å². The summed E-state index contributed by atoms with van der Waals surface area (Å²) in [7, 11) is 5.51. The fourth-order valence-electron chi connectivity index (χ4n) is 6.49. The molecule has 0 heterocycles. The molecule has 0 bridgehead atoms. The lowest BCUT2D eigenvalue weighted by molar-refractivity contribution is -0.887. The lowest BCUT2D eigenvalue weighted by Crippen LogP contribution is -2.50. The van der Waals surface area contributed by atoms with Crippen molar-refractivity contribution in [2.45, 2.75) is 193 Å². The summed E-state index contributed by atoms with van der Waals surface area (Å²) in [6, 6.07) is -0.623. The first-order valence-electron chi connectivity index (χ1n) is 23.5. The minimum atomic E-state index is -0.882. The van der Waals surface area contributed by atoms with Crippen molar-refractivity contribution in [3.05, 3.63) is 72.9 Å². The van der Waals surface area contributed by atoms with Gasteiger partial charge in [0.2, 0.25) is 0 Å². The SMILES string of the molecule is CCCCC/C=C/C=C/C=C/C=C/CCCCCCCC(=O)OCC(COCCC(C(=O)O)[N+](C)(C)C)OC(=O)CCCCCCCCC/C=C/C/C=C/CCCCC. The number of carboxylic acids is 1. The number of nitrogens with zero attached hydrogens (tertiary/aromatic N) is 1. The highest BCUT2D eigenvalue weighted by Crippen LogP contribution is 2.13. The molecule has 0 aromatic rings. The Morgan fingerprint density at radius 1 is 0.525 bits per heavy atom. The molecule has 0 saturated heterocycles. The monoisotopic (exact) mass is 827 g/mol. The van der Waals surface area contributed by atoms with Gasteiger partial charge in [-0.3, -0.25) is 9.59 Å². The molecule has 0 aromatic carbocycles. The van der Waals surface area contributed by atoms with E-state index in [1.54, 1.807) is 0 Å². The van der Waals surface area contributed by atoms with Gasteiger partial charge in [-0.2, -0.15) is 0 Å². The van der Waals surface area contributed by atoms with Crippen molar-refractivity contribution >= 4 is 17.9 Å². The first kappa shape index (κ1) is 55.8. The largest absolute Gasteiger partial charge is 0.477 e. The zero-order chi connectivity index (χ0) is 43.5. The summed E-state index contributed by atoms with van der Waals surface area (Å²) < 4.78 is 17.3. The maximum Gasteiger partial charge on any atom is 0.362 e. The van der Waals surface area contributed by atoms with Crippen LogP contribution in [0, 0.1) is 0 Å². The van der Waals surface area contributed by atoms with Crippen molar-refractivity contribution in [3.63, 3.8) is 0 Å². The van der Waals surface area contributed by atoms with E-state index in [9.17, 15) is 19.5 Å². The van der Waals surface area contributed by atoms with E-state index in [0.29, 0.717) is 19.3 Å². The van der Waals surface area contributed by atoms with Crippen LogP contribution in [0.15, 0.2) is 72.9 Å². The van der Waals surface area contributed by atoms with Crippen molar-refractivity contribution in [2.75, 3.05) is 41.0 Å². The summed E-state index contributed by atoms with van der Waals surface area (Å²) in [6.07, 6.45) is 52.2. The standard InChI is InChI=1S/C51H87NO7/c1-6-8-10-12-14-16-18-20-22-24-26-27-29-31-33-35-37-39-41-49(53)58-46-47(45-57-44-43-48(51(55)56)52(3,4)5)59-50(54)42-40-38-36-34-32-30-28-25-23-21-19-17-15-13-11-9-7-2/h14-18,20-24,26-27,47-48H,6-13,19,25,28-46H2,1-5H3/p+1/b16-14+,17-15+,20-18+,23-21+,24-22+,27-26+. The Balaban J connectivity index is 4.39. The zero-order valence-corrected chi connectivity index (χ0v) is 38.4. The molecule has 0 saturated carbocycles. The van der Waals surface area contributed by atoms with E-state index in [1.807, 2.05) is 21.1 Å². The van der Waals surface area contributed by atoms with E-state index < -0.39 is 18.1 Å². The summed E-state index contributed by atoms with van der Waals surface area (Å²) in [6.45, 7) is 4.63. The van der Waals surface area contributed by atoms with Gasteiger partial charge in [-0.25, -0.2) is 4.79 Å². The van der Waals surface area contributed by atoms with Crippen LogP contribution in [0.5, 0.6) is 0 Å². The lowest BCUT2D eigenvalue weighted by atomic mass is 10.1. The molecule has 0 aliphatic carbocycles. The van der Waals surface area contributed by atoms with Gasteiger partial charge in [0.05, 0.1) is 34.4 Å². The molecular weight excluding hydrogens is 739 g/mol. The van der Waals surface area contributed by atoms with Crippen LogP contribution in [0.4, 0.5) is 0 Å². The number of quaternary nitrogens is 1. The number of carbonyl (C=O) groups excluding carboxylic acids is 2. The Morgan fingerprint density at radius 3 is 1.46 bits per heavy atom. The molecule has 338 valence electrons. The van der Waals surface area contributed by atoms with Crippen LogP contribution in [0.25, 0.3) is 0 Å². The van der Waals surface area contributed by atoms with Crippen LogP contribution >= 0.6 is 0 Å². The summed E-state index contributed by atoms with van der Waals surface area (Å²) in [5.41, 5.74) is 0. The summed E-state index contributed by atoms with van der Waals surface area (Å²) >= 11 is 0. The summed E-state index contributed by atoms with van der Waals surface area (Å²) in [5.74, 6) is -1.51. The number of carbonyl (C=O) groups is 3. The van der Waals surface area contributed by atoms with Gasteiger partial charge in [0.15, 0.2) is 12.1 Å². The molecule has 8 heteroatoms. The number of hydrogen-bond donors (Lipinski definition) is 1. The van der Waals surface area contributed by atoms with Gasteiger partial charge in [-0.15, -0.1) is 0 Å². The Labute approximate surface area is 361 Å². The molecule has 1 N–H and O–H groups in total. The second kappa shape index (κ2) is 41.5. The number of likely N-dealkylation sites (N-methyl/N-ethyl adjacent to an activating group) is 1. The lowest BCUT2D eigenvalue weighted by Gasteiger charge is -2.31. The summed E-state index contributed by atoms with van der Waals surface area (Å²) in [5, 5.41) is 9.63. The Hall–Kier alpha value is -3.23. The minimum Gasteiger partial charge on any atom is -0.477 e. The van der Waals surface area contributed by atoms with Crippen molar-refractivity contribution in [3.8, 4) is 0 Å². The molecule has 2 unspecified atom stereocenters. The predicted molar refractivity (Wildman–Crippen MR) is 247 cm³/mol. The zero-order valence-electron chi connectivity index (χ0n) is 38.4. The second-order valence-electron chi connectivity index (χ2n) is 16.7. The molecular formula is C51H88NO7+. The minimum absolute atomic E-state index is 0.0465. The fourth-order valence-corrected chi connectivity index (χ4v) is 6.49. The average Bonchev–Trinajstić information content (AvgIpc) is 3.19. The van der Waals surface area contributed by atoms with Crippen LogP contribution in [-0.2, 0) is 28.6 Å². The summed E-state index contributed by atoms with van der Waals surface area (Å²) in [4.78, 5) is 37.1. The van der Waals surface area contributed by atoms with Crippen LogP contribution < -0.4 is 0 Å². The number of ether oxygens (including phenoxy) is 3. The number of esters is 2. The third kappa shape index (κ3) is 40.0. The molecule has 0 spiro atoms. The number of carboxylic acid groups (broad SMARTS) is 1. The highest BCUT2D eigenvalue weighted by atomic mass is 16.6. The quantitative estimate of drug-likeness (QED) is 0.0215. The van der Waals surface area contributed by atoms with E-state index in [4.69, 9.17) is 14.2 Å². The Bertz CT molecular complexity index is 1190. The molecule has 0 fully saturated rings. The number of aliphatic carboxylic acids is 1. The predicted octanol–water partition coefficient (Wildman–Crippen LogP) is 13.1. The van der Waals surface area contributed by atoms with Crippen LogP contribution in [0.1, 0.15) is 181 Å². The van der Waals surface area contributed by atoms with E-state index in [1.165, 1.54) is 70.6 Å². The fraction of sp³-hybridized carbons (Fsp3) is 0.706. The van der Waals surface area contributed by atoms with Gasteiger partial charge in [-0.1, -0.05) is 164 Å². The molecule has 0 amide bonds. The normalized spacial score (nSPS) is 13.6. The third-order valence-electron chi connectivity index (χ3n) is 10.2. The highest BCUT2D eigenvalue weighted by Gasteiger charge is 2.31. The molecule has 0 radical (unpaired) electrons. The van der Waals surface area contributed by atoms with Crippen molar-refractivity contribution in [1.82, 2.24) is 0 Å². The van der Waals surface area contributed by atoms with Gasteiger partial charge in [-0.05, 0) is 70.6 Å². The third-order valence-corrected chi connectivity index (χ3v) is 10.2. The number of hydrogen-bond acceptors (Lipinski definition) is 6. The molecule has 0 aliphatic rings. The van der Waals surface area contributed by atoms with Gasteiger partial charge in [0, 0.05) is 19.3 Å². The van der Waals surface area contributed by atoms with E-state index >= 15 is 0 Å². The molecule has 8 nitrogen and oxygen atoms in total. The number of rotatable bonds is 41. The van der Waals surface area contributed by atoms with E-state index in [-0.39, 0.29) is 36.2 Å². The molecule has 59 heavy (non-hydrogen) atoms. The number of allylic oxidation sites excluding steroid dienone is 12. The first-order chi connectivity index (χ1) is 28.6. The van der Waals surface area contributed by atoms with Crippen LogP contribution in [0.2, 0.25) is 0 Å². The van der Waals surface area contributed by atoms with Crippen LogP contribution in [0.3, 0.4) is 0 Å². The molecule has 0 rings (SSSR count). The smallest absolute Gasteiger partial charge is 0.362 e. The maximum absolute atomic E-state index is 12.8. The van der Waals surface area contributed by atoms with Gasteiger partial charge >= 0.3 is 17.9 Å². The maximum atomic E-state index is 12.8. The Kier molecular flexibility index (Phi) is 39.2. The van der Waals surface area contributed by atoms with Crippen LogP contribution in [-0.4, -0.2) is 80.6 Å². The van der Waals surface area contributed by atoms with Gasteiger partial charge in [0.1, 0.15) is 6.61 Å². The van der Waals surface area contributed by atoms with Gasteiger partial charge in [0.25, 0.3) is 0 Å². The first-order valence-corrected chi connectivity index (χ1v) is 23.5. The Morgan fingerprint density at radius 2 is 0.966 bits per heavy atom. The second-order valence-corrected chi connectivity index (χ2v) is 16.7. The number of unbranched alkanes of at least 4 members (excludes halogenated alkanes) is 18. The van der Waals surface area contributed by atoms with Crippen molar-refractivity contribution in [2.24, 2.45) is 0 Å². The van der Waals surface area contributed by atoms with Crippen molar-refractivity contribution in [1.29, 1.82) is 0 Å². The van der Waals surface area contributed by atoms with Crippen molar-refractivity contribution < 1.29 is 38.2 Å². The molecule has 0 aliphatic heterocycles. The van der Waals surface area contributed by atoms with E-state index in [2.05, 4.69) is 86.8 Å².